The molecule has 0 aromatic carbocycles. The second kappa shape index (κ2) is 5.58. The molecule has 0 radical (unpaired) electrons. The second-order valence-electron chi connectivity index (χ2n) is 4.41. The highest BCUT2D eigenvalue weighted by molar-refractivity contribution is 4.64. The molecule has 0 bridgehead atoms. The molecule has 1 atom stereocenters. The topological polar surface area (TPSA) is 9.23 Å². The minimum Gasteiger partial charge on any atom is -0.381 e. The van der Waals surface area contributed by atoms with Gasteiger partial charge in [0.15, 0.2) is 0 Å². The molecule has 1 aliphatic heterocycles. The third-order valence-corrected chi connectivity index (χ3v) is 2.67. The van der Waals surface area contributed by atoms with Crippen LogP contribution in [0.5, 0.6) is 0 Å². The molecule has 12 heavy (non-hydrogen) atoms. The minimum atomic E-state index is 0.879. The Hall–Kier alpha value is -0.0400. The Morgan fingerprint density at radius 2 is 2.17 bits per heavy atom. The van der Waals surface area contributed by atoms with E-state index in [9.17, 15) is 0 Å². The van der Waals surface area contributed by atoms with E-state index in [1.807, 2.05) is 0 Å². The van der Waals surface area contributed by atoms with Crippen molar-refractivity contribution in [3.8, 4) is 0 Å². The lowest BCUT2D eigenvalue weighted by molar-refractivity contribution is 0.183. The summed E-state index contributed by atoms with van der Waals surface area (Å²) in [5.74, 6) is 1.77. The van der Waals surface area contributed by atoms with E-state index in [1.165, 1.54) is 32.1 Å². The third kappa shape index (κ3) is 4.10. The maximum absolute atomic E-state index is 5.34. The van der Waals surface area contributed by atoms with Crippen LogP contribution in [0.4, 0.5) is 0 Å². The zero-order valence-electron chi connectivity index (χ0n) is 8.51. The zero-order valence-corrected chi connectivity index (χ0v) is 8.51. The SMILES string of the molecule is CC(C)CCCCC1CCOC1. The van der Waals surface area contributed by atoms with Crippen LogP contribution in [-0.4, -0.2) is 13.2 Å². The van der Waals surface area contributed by atoms with Gasteiger partial charge in [0.2, 0.25) is 0 Å². The maximum Gasteiger partial charge on any atom is 0.0495 e. The highest BCUT2D eigenvalue weighted by atomic mass is 16.5. The van der Waals surface area contributed by atoms with Gasteiger partial charge >= 0.3 is 0 Å². The van der Waals surface area contributed by atoms with E-state index in [4.69, 9.17) is 4.74 Å². The first-order valence-electron chi connectivity index (χ1n) is 5.37. The third-order valence-electron chi connectivity index (χ3n) is 2.67. The van der Waals surface area contributed by atoms with Gasteiger partial charge in [0.05, 0.1) is 0 Å². The van der Waals surface area contributed by atoms with Crippen molar-refractivity contribution in [1.82, 2.24) is 0 Å². The van der Waals surface area contributed by atoms with Crippen molar-refractivity contribution in [2.45, 2.75) is 46.0 Å². The number of unbranched alkanes of at least 4 members (excludes halogenated alkanes) is 1. The van der Waals surface area contributed by atoms with Crippen LogP contribution in [0.3, 0.4) is 0 Å². The van der Waals surface area contributed by atoms with Crippen molar-refractivity contribution in [3.05, 3.63) is 0 Å². The molecule has 0 aromatic heterocycles. The Bertz CT molecular complexity index is 104. The molecule has 1 nitrogen and oxygen atoms in total. The van der Waals surface area contributed by atoms with Crippen molar-refractivity contribution in [2.75, 3.05) is 13.2 Å². The molecule has 1 unspecified atom stereocenters. The fraction of sp³-hybridized carbons (Fsp3) is 1.00. The van der Waals surface area contributed by atoms with Crippen molar-refractivity contribution in [3.63, 3.8) is 0 Å². The molecule has 0 N–H and O–H groups in total. The van der Waals surface area contributed by atoms with E-state index in [0.717, 1.165) is 25.0 Å². The summed E-state index contributed by atoms with van der Waals surface area (Å²) in [6.07, 6.45) is 6.92. The standard InChI is InChI=1S/C11H22O/c1-10(2)5-3-4-6-11-7-8-12-9-11/h10-11H,3-9H2,1-2H3. The monoisotopic (exact) mass is 170 g/mol. The lowest BCUT2D eigenvalue weighted by atomic mass is 9.98. The average Bonchev–Trinajstić information content (AvgIpc) is 2.49. The van der Waals surface area contributed by atoms with Crippen molar-refractivity contribution in [1.29, 1.82) is 0 Å². The van der Waals surface area contributed by atoms with E-state index in [0.29, 0.717) is 0 Å². The summed E-state index contributed by atoms with van der Waals surface area (Å²) in [6.45, 7) is 6.65. The average molecular weight is 170 g/mol. The summed E-state index contributed by atoms with van der Waals surface area (Å²) in [6, 6.07) is 0. The molecule has 0 spiro atoms. The molecule has 1 fully saturated rings. The van der Waals surface area contributed by atoms with Crippen LogP contribution in [-0.2, 0) is 4.74 Å². The predicted octanol–water partition coefficient (Wildman–Crippen LogP) is 3.24. The van der Waals surface area contributed by atoms with Gasteiger partial charge in [-0.25, -0.2) is 0 Å². The summed E-state index contributed by atoms with van der Waals surface area (Å²) in [7, 11) is 0. The van der Waals surface area contributed by atoms with E-state index in [2.05, 4.69) is 13.8 Å². The van der Waals surface area contributed by atoms with Gasteiger partial charge in [-0.15, -0.1) is 0 Å². The van der Waals surface area contributed by atoms with Crippen LogP contribution in [0.15, 0.2) is 0 Å². The van der Waals surface area contributed by atoms with Gasteiger partial charge in [0.25, 0.3) is 0 Å². The zero-order chi connectivity index (χ0) is 8.81. The second-order valence-corrected chi connectivity index (χ2v) is 4.41. The quantitative estimate of drug-likeness (QED) is 0.575. The number of hydrogen-bond donors (Lipinski definition) is 0. The van der Waals surface area contributed by atoms with Crippen molar-refractivity contribution < 1.29 is 4.74 Å². The predicted molar refractivity (Wildman–Crippen MR) is 52.2 cm³/mol. The smallest absolute Gasteiger partial charge is 0.0495 e. The molecule has 1 aliphatic rings. The van der Waals surface area contributed by atoms with E-state index < -0.39 is 0 Å². The Labute approximate surface area is 76.5 Å². The van der Waals surface area contributed by atoms with Gasteiger partial charge in [-0.2, -0.15) is 0 Å². The van der Waals surface area contributed by atoms with Crippen LogP contribution in [0.1, 0.15) is 46.0 Å². The Morgan fingerprint density at radius 1 is 1.33 bits per heavy atom. The fourth-order valence-corrected chi connectivity index (χ4v) is 1.80. The van der Waals surface area contributed by atoms with Gasteiger partial charge in [0.1, 0.15) is 0 Å². The molecular formula is C11H22O. The molecule has 0 aromatic rings. The van der Waals surface area contributed by atoms with E-state index >= 15 is 0 Å². The summed E-state index contributed by atoms with van der Waals surface area (Å²) in [5.41, 5.74) is 0. The molecule has 1 rings (SSSR count). The van der Waals surface area contributed by atoms with Gasteiger partial charge in [-0.05, 0) is 24.7 Å². The lowest BCUT2D eigenvalue weighted by Gasteiger charge is -2.07. The van der Waals surface area contributed by atoms with Crippen LogP contribution in [0.25, 0.3) is 0 Å². The maximum atomic E-state index is 5.34. The first-order valence-corrected chi connectivity index (χ1v) is 5.37. The summed E-state index contributed by atoms with van der Waals surface area (Å²) in [5, 5.41) is 0. The number of rotatable bonds is 5. The van der Waals surface area contributed by atoms with Crippen LogP contribution >= 0.6 is 0 Å². The first-order chi connectivity index (χ1) is 5.79. The summed E-state index contributed by atoms with van der Waals surface area (Å²) in [4.78, 5) is 0. The van der Waals surface area contributed by atoms with Gasteiger partial charge in [-0.1, -0.05) is 33.1 Å². The first kappa shape index (κ1) is 10.0. The summed E-state index contributed by atoms with van der Waals surface area (Å²) < 4.78 is 5.34. The van der Waals surface area contributed by atoms with Crippen LogP contribution < -0.4 is 0 Å². The number of hydrogen-bond acceptors (Lipinski definition) is 1. The molecule has 0 amide bonds. The van der Waals surface area contributed by atoms with E-state index in [-0.39, 0.29) is 0 Å². The van der Waals surface area contributed by atoms with Crippen LogP contribution in [0, 0.1) is 11.8 Å². The minimum absolute atomic E-state index is 0.879. The fourth-order valence-electron chi connectivity index (χ4n) is 1.80. The summed E-state index contributed by atoms with van der Waals surface area (Å²) >= 11 is 0. The highest BCUT2D eigenvalue weighted by Crippen LogP contribution is 2.20. The lowest BCUT2D eigenvalue weighted by Crippen LogP contribution is -1.99. The number of ether oxygens (including phenoxy) is 1. The molecule has 1 saturated heterocycles. The van der Waals surface area contributed by atoms with Crippen molar-refractivity contribution >= 4 is 0 Å². The largest absolute Gasteiger partial charge is 0.381 e. The molecule has 0 saturated carbocycles. The van der Waals surface area contributed by atoms with Crippen molar-refractivity contribution in [2.24, 2.45) is 11.8 Å². The molecule has 0 aliphatic carbocycles. The normalized spacial score (nSPS) is 23.8. The highest BCUT2D eigenvalue weighted by Gasteiger charge is 2.14. The molecule has 1 heteroatoms. The van der Waals surface area contributed by atoms with E-state index in [1.54, 1.807) is 0 Å². The van der Waals surface area contributed by atoms with Gasteiger partial charge < -0.3 is 4.74 Å². The molecule has 72 valence electrons. The Morgan fingerprint density at radius 3 is 2.75 bits per heavy atom. The van der Waals surface area contributed by atoms with Gasteiger partial charge in [-0.3, -0.25) is 0 Å². The molecular weight excluding hydrogens is 148 g/mol. The van der Waals surface area contributed by atoms with Gasteiger partial charge in [0, 0.05) is 13.2 Å². The Kier molecular flexibility index (Phi) is 4.67. The molecule has 1 heterocycles. The Balaban J connectivity index is 1.88. The van der Waals surface area contributed by atoms with Crippen LogP contribution in [0.2, 0.25) is 0 Å².